The molecule has 0 fully saturated rings. The van der Waals surface area contributed by atoms with Gasteiger partial charge in [0.25, 0.3) is 0 Å². The third kappa shape index (κ3) is 3.01. The molecular weight excluding hydrogens is 178 g/mol. The second kappa shape index (κ2) is 5.17. The van der Waals surface area contributed by atoms with Crippen LogP contribution in [0.1, 0.15) is 25.3 Å². The molecule has 1 N–H and O–H groups in total. The molecule has 0 aliphatic heterocycles. The summed E-state index contributed by atoms with van der Waals surface area (Å²) in [5.74, 6) is -0.0485. The second-order valence-electron chi connectivity index (χ2n) is 2.98. The minimum atomic E-state index is -0.0539. The third-order valence-electron chi connectivity index (χ3n) is 1.77. The van der Waals surface area contributed by atoms with Gasteiger partial charge in [-0.15, -0.1) is 0 Å². The lowest BCUT2D eigenvalue weighted by atomic mass is 10.1. The Morgan fingerprint density at radius 3 is 2.71 bits per heavy atom. The van der Waals surface area contributed by atoms with E-state index in [-0.39, 0.29) is 11.5 Å². The van der Waals surface area contributed by atoms with Crippen LogP contribution in [0, 0.1) is 0 Å². The SMILES string of the molecule is CCCC(=O)/C=C(\O)c1ccncc1. The minimum Gasteiger partial charge on any atom is -0.507 e. The molecule has 0 spiro atoms. The van der Waals surface area contributed by atoms with Crippen molar-refractivity contribution in [2.45, 2.75) is 19.8 Å². The average molecular weight is 191 g/mol. The maximum atomic E-state index is 11.2. The zero-order valence-corrected chi connectivity index (χ0v) is 8.10. The summed E-state index contributed by atoms with van der Waals surface area (Å²) in [5.41, 5.74) is 0.615. The molecule has 0 aliphatic carbocycles. The number of hydrogen-bond donors (Lipinski definition) is 1. The number of nitrogens with zero attached hydrogens (tertiary/aromatic N) is 1. The largest absolute Gasteiger partial charge is 0.507 e. The zero-order chi connectivity index (χ0) is 10.4. The molecule has 0 aromatic carbocycles. The smallest absolute Gasteiger partial charge is 0.159 e. The normalized spacial score (nSPS) is 11.4. The summed E-state index contributed by atoms with van der Waals surface area (Å²) >= 11 is 0. The summed E-state index contributed by atoms with van der Waals surface area (Å²) in [6.45, 7) is 1.93. The van der Waals surface area contributed by atoms with E-state index in [2.05, 4.69) is 4.98 Å². The average Bonchev–Trinajstić information content (AvgIpc) is 2.19. The Morgan fingerprint density at radius 2 is 2.14 bits per heavy atom. The number of rotatable bonds is 4. The molecule has 1 rings (SSSR count). The van der Waals surface area contributed by atoms with Gasteiger partial charge in [0.15, 0.2) is 5.78 Å². The number of aromatic nitrogens is 1. The number of carbonyl (C=O) groups excluding carboxylic acids is 1. The maximum Gasteiger partial charge on any atom is 0.159 e. The Bertz CT molecular complexity index is 330. The van der Waals surface area contributed by atoms with E-state index >= 15 is 0 Å². The first-order chi connectivity index (χ1) is 6.74. The van der Waals surface area contributed by atoms with E-state index in [9.17, 15) is 9.90 Å². The first-order valence-electron chi connectivity index (χ1n) is 4.58. The lowest BCUT2D eigenvalue weighted by Crippen LogP contribution is -1.94. The van der Waals surface area contributed by atoms with Crippen molar-refractivity contribution in [3.63, 3.8) is 0 Å². The second-order valence-corrected chi connectivity index (χ2v) is 2.98. The first-order valence-corrected chi connectivity index (χ1v) is 4.58. The van der Waals surface area contributed by atoms with E-state index in [1.54, 1.807) is 24.5 Å². The van der Waals surface area contributed by atoms with E-state index < -0.39 is 0 Å². The van der Waals surface area contributed by atoms with Crippen LogP contribution < -0.4 is 0 Å². The van der Waals surface area contributed by atoms with Gasteiger partial charge in [-0.2, -0.15) is 0 Å². The van der Waals surface area contributed by atoms with Crippen molar-refractivity contribution in [1.82, 2.24) is 4.98 Å². The number of pyridine rings is 1. The van der Waals surface area contributed by atoms with Crippen molar-refractivity contribution >= 4 is 11.5 Å². The number of aliphatic hydroxyl groups excluding tert-OH is 1. The molecule has 0 aliphatic rings. The fourth-order valence-corrected chi connectivity index (χ4v) is 1.08. The number of allylic oxidation sites excluding steroid dienone is 1. The summed E-state index contributed by atoms with van der Waals surface area (Å²) in [5, 5.41) is 9.53. The Kier molecular flexibility index (Phi) is 3.85. The predicted molar refractivity (Wildman–Crippen MR) is 54.8 cm³/mol. The molecule has 74 valence electrons. The summed E-state index contributed by atoms with van der Waals surface area (Å²) in [7, 11) is 0. The van der Waals surface area contributed by atoms with Crippen LogP contribution in [0.25, 0.3) is 5.76 Å². The molecule has 0 amide bonds. The summed E-state index contributed by atoms with van der Waals surface area (Å²) in [4.78, 5) is 15.0. The topological polar surface area (TPSA) is 50.2 Å². The molecule has 0 radical (unpaired) electrons. The Balaban J connectivity index is 2.75. The standard InChI is InChI=1S/C11H13NO2/c1-2-3-10(13)8-11(14)9-4-6-12-7-5-9/h4-8,14H,2-3H2,1H3/b11-8-. The van der Waals surface area contributed by atoms with Crippen LogP contribution in [0.4, 0.5) is 0 Å². The van der Waals surface area contributed by atoms with Crippen molar-refractivity contribution in [1.29, 1.82) is 0 Å². The predicted octanol–water partition coefficient (Wildman–Crippen LogP) is 2.35. The van der Waals surface area contributed by atoms with E-state index in [1.807, 2.05) is 6.92 Å². The van der Waals surface area contributed by atoms with Crippen molar-refractivity contribution in [3.8, 4) is 0 Å². The van der Waals surface area contributed by atoms with Crippen LogP contribution in [-0.2, 0) is 4.79 Å². The molecule has 0 bridgehead atoms. The molecule has 0 unspecified atom stereocenters. The highest BCUT2D eigenvalue weighted by molar-refractivity contribution is 5.95. The van der Waals surface area contributed by atoms with Gasteiger partial charge >= 0.3 is 0 Å². The summed E-state index contributed by atoms with van der Waals surface area (Å²) < 4.78 is 0. The molecule has 1 aromatic rings. The highest BCUT2D eigenvalue weighted by atomic mass is 16.3. The fraction of sp³-hybridized carbons (Fsp3) is 0.273. The van der Waals surface area contributed by atoms with Crippen molar-refractivity contribution in [3.05, 3.63) is 36.2 Å². The van der Waals surface area contributed by atoms with Gasteiger partial charge in [-0.3, -0.25) is 9.78 Å². The monoisotopic (exact) mass is 191 g/mol. The molecule has 1 heterocycles. The highest BCUT2D eigenvalue weighted by Gasteiger charge is 2.01. The third-order valence-corrected chi connectivity index (χ3v) is 1.77. The number of hydrogen-bond acceptors (Lipinski definition) is 3. The number of aliphatic hydroxyl groups is 1. The van der Waals surface area contributed by atoms with Crippen LogP contribution in [0.15, 0.2) is 30.6 Å². The molecule has 0 saturated carbocycles. The molecule has 3 nitrogen and oxygen atoms in total. The molecule has 0 saturated heterocycles. The molecular formula is C11H13NO2. The van der Waals surface area contributed by atoms with E-state index in [4.69, 9.17) is 0 Å². The quantitative estimate of drug-likeness (QED) is 0.587. The fourth-order valence-electron chi connectivity index (χ4n) is 1.08. The molecule has 14 heavy (non-hydrogen) atoms. The van der Waals surface area contributed by atoms with Crippen LogP contribution in [0.2, 0.25) is 0 Å². The van der Waals surface area contributed by atoms with E-state index in [0.717, 1.165) is 6.42 Å². The lowest BCUT2D eigenvalue weighted by Gasteiger charge is -1.98. The van der Waals surface area contributed by atoms with Crippen molar-refractivity contribution in [2.75, 3.05) is 0 Å². The van der Waals surface area contributed by atoms with Gasteiger partial charge in [-0.05, 0) is 18.6 Å². The van der Waals surface area contributed by atoms with Gasteiger partial charge in [0.2, 0.25) is 0 Å². The van der Waals surface area contributed by atoms with Gasteiger partial charge in [-0.25, -0.2) is 0 Å². The van der Waals surface area contributed by atoms with Gasteiger partial charge in [0.05, 0.1) is 0 Å². The Morgan fingerprint density at radius 1 is 1.50 bits per heavy atom. The van der Waals surface area contributed by atoms with Crippen LogP contribution in [0.5, 0.6) is 0 Å². The van der Waals surface area contributed by atoms with E-state index in [1.165, 1.54) is 6.08 Å². The summed E-state index contributed by atoms with van der Waals surface area (Å²) in [6, 6.07) is 3.32. The van der Waals surface area contributed by atoms with Gasteiger partial charge in [0.1, 0.15) is 5.76 Å². The van der Waals surface area contributed by atoms with Crippen LogP contribution in [0.3, 0.4) is 0 Å². The van der Waals surface area contributed by atoms with Crippen molar-refractivity contribution < 1.29 is 9.90 Å². The summed E-state index contributed by atoms with van der Waals surface area (Å²) in [6.07, 6.45) is 5.67. The molecule has 1 aromatic heterocycles. The molecule has 0 atom stereocenters. The van der Waals surface area contributed by atoms with Gasteiger partial charge < -0.3 is 5.11 Å². The lowest BCUT2D eigenvalue weighted by molar-refractivity contribution is -0.114. The van der Waals surface area contributed by atoms with Gasteiger partial charge in [-0.1, -0.05) is 6.92 Å². The van der Waals surface area contributed by atoms with Crippen LogP contribution in [-0.4, -0.2) is 15.9 Å². The molecule has 3 heteroatoms. The minimum absolute atomic E-state index is 0.00542. The Hall–Kier alpha value is -1.64. The number of carbonyl (C=O) groups is 1. The zero-order valence-electron chi connectivity index (χ0n) is 8.10. The highest BCUT2D eigenvalue weighted by Crippen LogP contribution is 2.09. The van der Waals surface area contributed by atoms with Gasteiger partial charge in [0, 0.05) is 30.5 Å². The number of ketones is 1. The Labute approximate surface area is 83.1 Å². The van der Waals surface area contributed by atoms with Crippen molar-refractivity contribution in [2.24, 2.45) is 0 Å². The van der Waals surface area contributed by atoms with E-state index in [0.29, 0.717) is 12.0 Å². The first kappa shape index (κ1) is 10.4. The van der Waals surface area contributed by atoms with Crippen LogP contribution >= 0.6 is 0 Å². The maximum absolute atomic E-state index is 11.2.